The zero-order valence-corrected chi connectivity index (χ0v) is 20.4. The molecule has 3 aromatic rings. The maximum absolute atomic E-state index is 9.60. The summed E-state index contributed by atoms with van der Waals surface area (Å²) in [5, 5.41) is 21.2. The molecule has 0 spiro atoms. The van der Waals surface area contributed by atoms with E-state index in [0.717, 1.165) is 19.3 Å². The van der Waals surface area contributed by atoms with Crippen LogP contribution in [-0.4, -0.2) is 27.0 Å². The van der Waals surface area contributed by atoms with Crippen molar-refractivity contribution in [3.8, 4) is 0 Å². The molecule has 5 heteroatoms. The first kappa shape index (κ1) is 29.3. The molecule has 0 aromatic heterocycles. The third kappa shape index (κ3) is 12.9. The van der Waals surface area contributed by atoms with Gasteiger partial charge in [0.15, 0.2) is 0 Å². The van der Waals surface area contributed by atoms with Gasteiger partial charge in [0.25, 0.3) is 0 Å². The molecular formula is C27H32O4Ti. The fourth-order valence-corrected chi connectivity index (χ4v) is 2.67. The van der Waals surface area contributed by atoms with Crippen molar-refractivity contribution in [1.82, 2.24) is 0 Å². The fraction of sp³-hybridized carbons (Fsp3) is 0.259. The molecule has 0 atom stereocenters. The molecule has 4 nitrogen and oxygen atoms in total. The summed E-state index contributed by atoms with van der Waals surface area (Å²) >= 11 is 1.75. The van der Waals surface area contributed by atoms with Crippen molar-refractivity contribution in [3.63, 3.8) is 0 Å². The second kappa shape index (κ2) is 19.0. The van der Waals surface area contributed by atoms with E-state index in [1.807, 2.05) is 26.0 Å². The van der Waals surface area contributed by atoms with E-state index in [2.05, 4.69) is 71.6 Å². The van der Waals surface area contributed by atoms with Crippen LogP contribution in [0.4, 0.5) is 0 Å². The van der Waals surface area contributed by atoms with Crippen LogP contribution in [0, 0.1) is 6.08 Å². The molecular weight excluding hydrogens is 436 g/mol. The molecule has 4 rings (SSSR count). The van der Waals surface area contributed by atoms with Gasteiger partial charge >= 0.3 is 36.7 Å². The maximum atomic E-state index is 9.60. The first-order valence-corrected chi connectivity index (χ1v) is 11.6. The standard InChI is InChI=1S/C13H9.C5H5.2C4H8O2.CH2.Ti/c1-3-7-12-10(5-1)9-11-6-2-4-8-13(11)12;1-2-4-5-3-1;2*1-2-3-4(5)6;;/h1-9H;1-3H,4H2;2*2-3H2,1H3,(H,5,6);1H2;/q2*-1;;;;+2. The Hall–Kier alpha value is -2.69. The Morgan fingerprint density at radius 2 is 1.34 bits per heavy atom. The number of fused-ring (bicyclic) bond motifs is 3. The molecule has 1 aliphatic carbocycles. The van der Waals surface area contributed by atoms with Crippen LogP contribution < -0.4 is 0 Å². The van der Waals surface area contributed by atoms with Gasteiger partial charge in [0.05, 0.1) is 0 Å². The third-order valence-electron chi connectivity index (χ3n) is 4.04. The predicted octanol–water partition coefficient (Wildman–Crippen LogP) is 6.72. The van der Waals surface area contributed by atoms with Crippen molar-refractivity contribution >= 4 is 38.3 Å². The monoisotopic (exact) mass is 468 g/mol. The zero-order valence-electron chi connectivity index (χ0n) is 18.9. The summed E-state index contributed by atoms with van der Waals surface area (Å²) in [5.41, 5.74) is 0. The van der Waals surface area contributed by atoms with E-state index in [1.54, 1.807) is 20.0 Å². The molecule has 0 heterocycles. The Labute approximate surface area is 202 Å². The Kier molecular flexibility index (Phi) is 17.4. The van der Waals surface area contributed by atoms with Gasteiger partial charge in [0, 0.05) is 12.8 Å². The number of benzene rings is 2. The molecule has 1 aliphatic rings. The smallest absolute Gasteiger partial charge is 0.0771 e. The minimum Gasteiger partial charge on any atom is -0.126 e. The maximum Gasteiger partial charge on any atom is -0.0771 e. The average molecular weight is 468 g/mol. The summed E-state index contributed by atoms with van der Waals surface area (Å²) in [4.78, 5) is 22.4. The number of carbonyl (C=O) groups is 2. The van der Waals surface area contributed by atoms with E-state index in [9.17, 15) is 9.59 Å². The van der Waals surface area contributed by atoms with Gasteiger partial charge in [-0.2, -0.15) is 6.08 Å². The summed E-state index contributed by atoms with van der Waals surface area (Å²) in [7, 11) is 0. The van der Waals surface area contributed by atoms with Crippen molar-refractivity contribution < 1.29 is 39.8 Å². The summed E-state index contributed by atoms with van der Waals surface area (Å²) in [6, 6.07) is 19.3. The topological polar surface area (TPSA) is 74.6 Å². The molecule has 0 aliphatic heterocycles. The number of rotatable bonds is 4. The van der Waals surface area contributed by atoms with Gasteiger partial charge in [-0.1, -0.05) is 50.2 Å². The number of carboxylic acids is 2. The van der Waals surface area contributed by atoms with Gasteiger partial charge in [-0.3, -0.25) is 15.7 Å². The minimum atomic E-state index is -0.711. The molecule has 0 unspecified atom stereocenters. The quantitative estimate of drug-likeness (QED) is 0.329. The van der Waals surface area contributed by atoms with Crippen molar-refractivity contribution in [2.24, 2.45) is 0 Å². The first-order valence-electron chi connectivity index (χ1n) is 10.5. The molecule has 2 N–H and O–H groups in total. The van der Waals surface area contributed by atoms with Gasteiger partial charge in [0.1, 0.15) is 0 Å². The van der Waals surface area contributed by atoms with Gasteiger partial charge < -0.3 is 10.2 Å². The van der Waals surface area contributed by atoms with E-state index in [4.69, 9.17) is 10.2 Å². The second-order valence-corrected chi connectivity index (χ2v) is 6.61. The first-order chi connectivity index (χ1) is 15.5. The molecule has 0 amide bonds. The van der Waals surface area contributed by atoms with Gasteiger partial charge in [-0.05, 0) is 12.8 Å². The van der Waals surface area contributed by atoms with Gasteiger partial charge in [-0.25, -0.2) is 12.2 Å². The van der Waals surface area contributed by atoms with E-state index < -0.39 is 11.9 Å². The average Bonchev–Trinajstić information content (AvgIpc) is 3.48. The van der Waals surface area contributed by atoms with Crippen molar-refractivity contribution in [2.45, 2.75) is 46.0 Å². The Balaban J connectivity index is 0.000000432. The molecule has 0 fully saturated rings. The predicted molar refractivity (Wildman–Crippen MR) is 131 cm³/mol. The Morgan fingerprint density at radius 3 is 1.59 bits per heavy atom. The van der Waals surface area contributed by atoms with E-state index in [-0.39, 0.29) is 0 Å². The van der Waals surface area contributed by atoms with Crippen LogP contribution in [0.3, 0.4) is 0 Å². The normalized spacial score (nSPS) is 10.5. The van der Waals surface area contributed by atoms with Crippen LogP contribution in [0.1, 0.15) is 46.0 Å². The number of aliphatic carboxylic acids is 2. The summed E-state index contributed by atoms with van der Waals surface area (Å²) in [6.45, 7) is 3.68. The van der Waals surface area contributed by atoms with Crippen LogP contribution in [0.5, 0.6) is 0 Å². The molecule has 3 aromatic carbocycles. The van der Waals surface area contributed by atoms with Crippen molar-refractivity contribution in [1.29, 1.82) is 0 Å². The molecule has 0 saturated heterocycles. The molecule has 32 heavy (non-hydrogen) atoms. The minimum absolute atomic E-state index is 0.292. The van der Waals surface area contributed by atoms with Crippen LogP contribution in [-0.2, 0) is 29.6 Å². The van der Waals surface area contributed by atoms with Crippen LogP contribution in [0.15, 0.2) is 72.8 Å². The number of hydrogen-bond donors (Lipinski definition) is 2. The summed E-state index contributed by atoms with van der Waals surface area (Å²) in [6.07, 6.45) is 12.0. The van der Waals surface area contributed by atoms with E-state index in [0.29, 0.717) is 12.8 Å². The molecule has 0 radical (unpaired) electrons. The summed E-state index contributed by atoms with van der Waals surface area (Å²) < 4.78 is 0. The number of allylic oxidation sites excluding steroid dienone is 4. The fourth-order valence-electron chi connectivity index (χ4n) is 2.67. The summed E-state index contributed by atoms with van der Waals surface area (Å²) in [5.74, 6) is -1.42. The Morgan fingerprint density at radius 1 is 0.906 bits per heavy atom. The number of hydrogen-bond acceptors (Lipinski definition) is 2. The molecule has 0 bridgehead atoms. The van der Waals surface area contributed by atoms with Crippen LogP contribution in [0.25, 0.3) is 21.5 Å². The zero-order chi connectivity index (χ0) is 24.2. The molecule has 168 valence electrons. The third-order valence-corrected chi connectivity index (χ3v) is 4.04. The molecule has 0 saturated carbocycles. The van der Waals surface area contributed by atoms with E-state index in [1.165, 1.54) is 21.5 Å². The van der Waals surface area contributed by atoms with Gasteiger partial charge in [0.2, 0.25) is 0 Å². The SMILES string of the molecule is CCCC(=O)O.CCCC(=O)O.[C-]1=CC=CC1.[CH2]=[Ti+2].c1ccc2c(c1)[cH-]c1ccccc12. The van der Waals surface area contributed by atoms with Gasteiger partial charge in [-0.15, -0.1) is 46.2 Å². The van der Waals surface area contributed by atoms with Crippen LogP contribution in [0.2, 0.25) is 0 Å². The number of carboxylic acid groups (broad SMARTS) is 2. The van der Waals surface area contributed by atoms with Crippen LogP contribution >= 0.6 is 0 Å². The largest absolute Gasteiger partial charge is 0.126 e. The Bertz CT molecular complexity index is 909. The van der Waals surface area contributed by atoms with Crippen molar-refractivity contribution in [2.75, 3.05) is 0 Å². The van der Waals surface area contributed by atoms with E-state index >= 15 is 0 Å². The second-order valence-electron chi connectivity index (χ2n) is 6.61. The van der Waals surface area contributed by atoms with Crippen molar-refractivity contribution in [3.05, 3.63) is 78.9 Å².